The van der Waals surface area contributed by atoms with Crippen molar-refractivity contribution < 1.29 is 4.74 Å². The lowest BCUT2D eigenvalue weighted by molar-refractivity contribution is 0.469. The van der Waals surface area contributed by atoms with Crippen LogP contribution in [0.4, 0.5) is 0 Å². The number of nitrogens with one attached hydrogen (secondary N) is 1. The number of rotatable bonds is 5. The van der Waals surface area contributed by atoms with Gasteiger partial charge in [-0.15, -0.1) is 0 Å². The molecule has 4 heteroatoms. The fourth-order valence-electron chi connectivity index (χ4n) is 2.19. The van der Waals surface area contributed by atoms with E-state index in [1.54, 1.807) is 0 Å². The van der Waals surface area contributed by atoms with Crippen LogP contribution in [0.1, 0.15) is 24.0 Å². The maximum Gasteiger partial charge on any atom is 0.150 e. The summed E-state index contributed by atoms with van der Waals surface area (Å²) in [6.45, 7) is 2.74. The Morgan fingerprint density at radius 1 is 1.19 bits per heavy atom. The summed E-state index contributed by atoms with van der Waals surface area (Å²) in [5.41, 5.74) is 2.06. The summed E-state index contributed by atoms with van der Waals surface area (Å²) in [6.07, 6.45) is 2.51. The summed E-state index contributed by atoms with van der Waals surface area (Å²) in [6, 6.07) is 12.1. The Hall–Kier alpha value is -1.22. The molecule has 110 valence electrons. The van der Waals surface area contributed by atoms with Crippen LogP contribution in [-0.4, -0.2) is 6.04 Å². The van der Waals surface area contributed by atoms with Gasteiger partial charge < -0.3 is 10.1 Å². The van der Waals surface area contributed by atoms with Crippen LogP contribution in [-0.2, 0) is 6.54 Å². The van der Waals surface area contributed by atoms with Gasteiger partial charge in [0.1, 0.15) is 5.75 Å². The molecule has 3 rings (SSSR count). The Morgan fingerprint density at radius 3 is 2.71 bits per heavy atom. The third kappa shape index (κ3) is 3.70. The lowest BCUT2D eigenvalue weighted by Gasteiger charge is -2.15. The minimum Gasteiger partial charge on any atom is -0.455 e. The van der Waals surface area contributed by atoms with Crippen molar-refractivity contribution in [1.29, 1.82) is 0 Å². The van der Waals surface area contributed by atoms with Gasteiger partial charge in [0, 0.05) is 23.2 Å². The Morgan fingerprint density at radius 2 is 2.00 bits per heavy atom. The van der Waals surface area contributed by atoms with Gasteiger partial charge in [-0.05, 0) is 49.6 Å². The second kappa shape index (κ2) is 6.27. The summed E-state index contributed by atoms with van der Waals surface area (Å²) >= 11 is 12.3. The smallest absolute Gasteiger partial charge is 0.150 e. The fraction of sp³-hybridized carbons (Fsp3) is 0.294. The van der Waals surface area contributed by atoms with Gasteiger partial charge in [0.25, 0.3) is 0 Å². The van der Waals surface area contributed by atoms with Gasteiger partial charge in [-0.1, -0.05) is 35.3 Å². The number of para-hydroxylation sites is 1. The normalized spacial score (nSPS) is 14.2. The number of aryl methyl sites for hydroxylation is 1. The molecular weight excluding hydrogens is 305 g/mol. The lowest BCUT2D eigenvalue weighted by Crippen LogP contribution is -2.15. The molecule has 2 aromatic rings. The Labute approximate surface area is 135 Å². The first-order valence-corrected chi connectivity index (χ1v) is 7.84. The molecule has 0 aromatic heterocycles. The second-order valence-corrected chi connectivity index (χ2v) is 6.24. The summed E-state index contributed by atoms with van der Waals surface area (Å²) in [5, 5.41) is 4.82. The standard InChI is InChI=1S/C17H17Cl2NO/c1-11-9-13(18)5-8-16(11)21-17-12(3-2-4-15(17)19)10-20-14-6-7-14/h2-5,8-9,14,20H,6-7,10H2,1H3. The maximum atomic E-state index is 6.32. The number of hydrogen-bond acceptors (Lipinski definition) is 2. The highest BCUT2D eigenvalue weighted by Crippen LogP contribution is 2.35. The largest absolute Gasteiger partial charge is 0.455 e. The van der Waals surface area contributed by atoms with E-state index >= 15 is 0 Å². The van der Waals surface area contributed by atoms with E-state index in [-0.39, 0.29) is 0 Å². The molecule has 0 atom stereocenters. The summed E-state index contributed by atoms with van der Waals surface area (Å²) in [4.78, 5) is 0. The average molecular weight is 322 g/mol. The maximum absolute atomic E-state index is 6.32. The molecule has 0 radical (unpaired) electrons. The lowest BCUT2D eigenvalue weighted by atomic mass is 10.2. The van der Waals surface area contributed by atoms with E-state index in [4.69, 9.17) is 27.9 Å². The van der Waals surface area contributed by atoms with Gasteiger partial charge in [0.15, 0.2) is 5.75 Å². The molecular formula is C17H17Cl2NO. The molecule has 1 fully saturated rings. The van der Waals surface area contributed by atoms with Crippen molar-refractivity contribution in [2.45, 2.75) is 32.4 Å². The van der Waals surface area contributed by atoms with E-state index < -0.39 is 0 Å². The SMILES string of the molecule is Cc1cc(Cl)ccc1Oc1c(Cl)cccc1CNC1CC1. The van der Waals surface area contributed by atoms with E-state index in [1.165, 1.54) is 12.8 Å². The average Bonchev–Trinajstić information content (AvgIpc) is 3.26. The van der Waals surface area contributed by atoms with Gasteiger partial charge in [0.05, 0.1) is 5.02 Å². The molecule has 0 unspecified atom stereocenters. The first-order valence-electron chi connectivity index (χ1n) is 7.08. The van der Waals surface area contributed by atoms with Crippen LogP contribution < -0.4 is 10.1 Å². The van der Waals surface area contributed by atoms with E-state index in [1.807, 2.05) is 43.3 Å². The summed E-state index contributed by atoms with van der Waals surface area (Å²) in [5.74, 6) is 1.50. The van der Waals surface area contributed by atoms with Gasteiger partial charge >= 0.3 is 0 Å². The third-order valence-corrected chi connectivity index (χ3v) is 4.09. The molecule has 21 heavy (non-hydrogen) atoms. The van der Waals surface area contributed by atoms with Crippen LogP contribution in [0, 0.1) is 6.92 Å². The topological polar surface area (TPSA) is 21.3 Å². The predicted octanol–water partition coefficient (Wildman–Crippen LogP) is 5.35. The summed E-state index contributed by atoms with van der Waals surface area (Å²) in [7, 11) is 0. The Balaban J connectivity index is 1.85. The van der Waals surface area contributed by atoms with Gasteiger partial charge in [0.2, 0.25) is 0 Å². The zero-order valence-corrected chi connectivity index (χ0v) is 13.3. The van der Waals surface area contributed by atoms with Crippen LogP contribution in [0.3, 0.4) is 0 Å². The molecule has 0 spiro atoms. The molecule has 0 bridgehead atoms. The second-order valence-electron chi connectivity index (χ2n) is 5.40. The minimum absolute atomic E-state index is 0.624. The number of benzene rings is 2. The van der Waals surface area contributed by atoms with Crippen molar-refractivity contribution >= 4 is 23.2 Å². The van der Waals surface area contributed by atoms with Gasteiger partial charge in [-0.3, -0.25) is 0 Å². The van der Waals surface area contributed by atoms with Crippen molar-refractivity contribution in [2.24, 2.45) is 0 Å². The van der Waals surface area contributed by atoms with Crippen molar-refractivity contribution in [3.63, 3.8) is 0 Å². The molecule has 1 aliphatic rings. The summed E-state index contributed by atoms with van der Waals surface area (Å²) < 4.78 is 6.05. The first kappa shape index (κ1) is 14.7. The number of ether oxygens (including phenoxy) is 1. The Kier molecular flexibility index (Phi) is 4.39. The molecule has 0 heterocycles. The highest BCUT2D eigenvalue weighted by Gasteiger charge is 2.21. The van der Waals surface area contributed by atoms with E-state index in [2.05, 4.69) is 5.32 Å². The molecule has 2 nitrogen and oxygen atoms in total. The van der Waals surface area contributed by atoms with Crippen molar-refractivity contribution in [3.05, 3.63) is 57.6 Å². The van der Waals surface area contributed by atoms with Crippen molar-refractivity contribution in [2.75, 3.05) is 0 Å². The van der Waals surface area contributed by atoms with Crippen LogP contribution in [0.2, 0.25) is 10.0 Å². The van der Waals surface area contributed by atoms with Crippen LogP contribution in [0.15, 0.2) is 36.4 Å². The van der Waals surface area contributed by atoms with E-state index in [9.17, 15) is 0 Å². The predicted molar refractivity (Wildman–Crippen MR) is 87.6 cm³/mol. The highest BCUT2D eigenvalue weighted by molar-refractivity contribution is 6.32. The third-order valence-electron chi connectivity index (χ3n) is 3.56. The number of halogens is 2. The van der Waals surface area contributed by atoms with Crippen molar-refractivity contribution in [1.82, 2.24) is 5.32 Å². The minimum atomic E-state index is 0.624. The fourth-order valence-corrected chi connectivity index (χ4v) is 2.65. The first-order chi connectivity index (χ1) is 10.1. The van der Waals surface area contributed by atoms with Gasteiger partial charge in [-0.25, -0.2) is 0 Å². The molecule has 1 saturated carbocycles. The highest BCUT2D eigenvalue weighted by atomic mass is 35.5. The Bertz CT molecular complexity index is 653. The molecule has 1 N–H and O–H groups in total. The van der Waals surface area contributed by atoms with Crippen molar-refractivity contribution in [3.8, 4) is 11.5 Å². The van der Waals surface area contributed by atoms with Crippen LogP contribution in [0.5, 0.6) is 11.5 Å². The van der Waals surface area contributed by atoms with E-state index in [0.29, 0.717) is 16.1 Å². The quantitative estimate of drug-likeness (QED) is 0.801. The van der Waals surface area contributed by atoms with Crippen LogP contribution >= 0.6 is 23.2 Å². The van der Waals surface area contributed by atoms with E-state index in [0.717, 1.165) is 29.2 Å². The monoisotopic (exact) mass is 321 g/mol. The zero-order chi connectivity index (χ0) is 14.8. The van der Waals surface area contributed by atoms with Crippen LogP contribution in [0.25, 0.3) is 0 Å². The molecule has 0 amide bonds. The molecule has 0 saturated heterocycles. The molecule has 1 aliphatic carbocycles. The zero-order valence-electron chi connectivity index (χ0n) is 11.8. The van der Waals surface area contributed by atoms with Gasteiger partial charge in [-0.2, -0.15) is 0 Å². The molecule has 2 aromatic carbocycles. The number of hydrogen-bond donors (Lipinski definition) is 1. The molecule has 0 aliphatic heterocycles.